The van der Waals surface area contributed by atoms with Crippen molar-refractivity contribution in [3.8, 4) is 5.75 Å². The Labute approximate surface area is 125 Å². The lowest BCUT2D eigenvalue weighted by Gasteiger charge is -2.11. The third-order valence-electron chi connectivity index (χ3n) is 2.64. The number of benzene rings is 1. The lowest BCUT2D eigenvalue weighted by atomic mass is 10.2. The van der Waals surface area contributed by atoms with Crippen molar-refractivity contribution >= 4 is 17.5 Å². The summed E-state index contributed by atoms with van der Waals surface area (Å²) in [5, 5.41) is 6.54. The van der Waals surface area contributed by atoms with Gasteiger partial charge in [-0.3, -0.25) is 4.79 Å². The highest BCUT2D eigenvalue weighted by atomic mass is 35.5. The van der Waals surface area contributed by atoms with Crippen LogP contribution in [0.1, 0.15) is 26.3 Å². The van der Waals surface area contributed by atoms with Crippen molar-refractivity contribution in [1.82, 2.24) is 10.6 Å². The molecule has 0 aliphatic heterocycles. The molecule has 0 saturated heterocycles. The molecule has 20 heavy (non-hydrogen) atoms. The first-order chi connectivity index (χ1) is 9.52. The van der Waals surface area contributed by atoms with Gasteiger partial charge in [0.15, 0.2) is 6.61 Å². The van der Waals surface area contributed by atoms with Crippen molar-refractivity contribution < 1.29 is 9.53 Å². The first-order valence-corrected chi connectivity index (χ1v) is 7.29. The van der Waals surface area contributed by atoms with Gasteiger partial charge in [-0.05, 0) is 30.2 Å². The number of hydrogen-bond donors (Lipinski definition) is 2. The molecule has 0 spiro atoms. The second-order valence-electron chi connectivity index (χ2n) is 5.03. The summed E-state index contributed by atoms with van der Waals surface area (Å²) in [6.07, 6.45) is 0. The predicted molar refractivity (Wildman–Crippen MR) is 82.2 cm³/mol. The summed E-state index contributed by atoms with van der Waals surface area (Å²) in [6, 6.07) is 5.59. The van der Waals surface area contributed by atoms with Crippen LogP contribution < -0.4 is 15.4 Å². The molecule has 0 atom stereocenters. The molecule has 2 N–H and O–H groups in total. The Morgan fingerprint density at radius 2 is 2.15 bits per heavy atom. The van der Waals surface area contributed by atoms with E-state index in [2.05, 4.69) is 17.6 Å². The molecule has 0 aliphatic rings. The SMILES string of the molecule is CCNCc1ccc(OCC(=O)NCC(C)C)c(Cl)c1. The lowest BCUT2D eigenvalue weighted by molar-refractivity contribution is -0.123. The fourth-order valence-electron chi connectivity index (χ4n) is 1.55. The summed E-state index contributed by atoms with van der Waals surface area (Å²) in [7, 11) is 0. The van der Waals surface area contributed by atoms with Gasteiger partial charge in [-0.25, -0.2) is 0 Å². The van der Waals surface area contributed by atoms with E-state index in [-0.39, 0.29) is 12.5 Å². The molecule has 4 nitrogen and oxygen atoms in total. The summed E-state index contributed by atoms with van der Waals surface area (Å²) in [5.74, 6) is 0.825. The van der Waals surface area contributed by atoms with Gasteiger partial charge >= 0.3 is 0 Å². The summed E-state index contributed by atoms with van der Waals surface area (Å²) in [4.78, 5) is 11.6. The lowest BCUT2D eigenvalue weighted by Crippen LogP contribution is -2.31. The zero-order chi connectivity index (χ0) is 15.0. The third-order valence-corrected chi connectivity index (χ3v) is 2.94. The van der Waals surface area contributed by atoms with Gasteiger partial charge in [-0.1, -0.05) is 38.4 Å². The third kappa shape index (κ3) is 6.26. The Hall–Kier alpha value is -1.26. The molecular formula is C15H23ClN2O2. The highest BCUT2D eigenvalue weighted by Crippen LogP contribution is 2.25. The summed E-state index contributed by atoms with van der Waals surface area (Å²) in [6.45, 7) is 8.45. The van der Waals surface area contributed by atoms with E-state index in [9.17, 15) is 4.79 Å². The molecule has 5 heteroatoms. The van der Waals surface area contributed by atoms with Gasteiger partial charge in [0.2, 0.25) is 0 Å². The molecule has 0 radical (unpaired) electrons. The average molecular weight is 299 g/mol. The van der Waals surface area contributed by atoms with Crippen LogP contribution in [0.3, 0.4) is 0 Å². The van der Waals surface area contributed by atoms with Crippen molar-refractivity contribution in [3.63, 3.8) is 0 Å². The zero-order valence-corrected chi connectivity index (χ0v) is 13.1. The molecule has 0 aromatic heterocycles. The molecule has 112 valence electrons. The van der Waals surface area contributed by atoms with E-state index in [1.54, 1.807) is 6.07 Å². The van der Waals surface area contributed by atoms with Crippen molar-refractivity contribution in [3.05, 3.63) is 28.8 Å². The normalized spacial score (nSPS) is 10.7. The van der Waals surface area contributed by atoms with E-state index in [1.807, 2.05) is 26.0 Å². The molecule has 1 aromatic carbocycles. The standard InChI is InChI=1S/C15H23ClN2O2/c1-4-17-9-12-5-6-14(13(16)7-12)20-10-15(19)18-8-11(2)3/h5-7,11,17H,4,8-10H2,1-3H3,(H,18,19). The number of carbonyl (C=O) groups excluding carboxylic acids is 1. The Morgan fingerprint density at radius 3 is 2.75 bits per heavy atom. The number of amides is 1. The van der Waals surface area contributed by atoms with Crippen LogP contribution in [0.2, 0.25) is 5.02 Å². The molecule has 0 unspecified atom stereocenters. The first-order valence-electron chi connectivity index (χ1n) is 6.91. The van der Waals surface area contributed by atoms with Crippen LogP contribution in [0.4, 0.5) is 0 Å². The first kappa shape index (κ1) is 16.8. The second kappa shape index (κ2) is 8.82. The van der Waals surface area contributed by atoms with Crippen LogP contribution in [0.25, 0.3) is 0 Å². The molecule has 0 saturated carbocycles. The van der Waals surface area contributed by atoms with Gasteiger partial charge in [0.05, 0.1) is 5.02 Å². The average Bonchev–Trinajstić information content (AvgIpc) is 2.41. The molecule has 1 rings (SSSR count). The van der Waals surface area contributed by atoms with Crippen LogP contribution in [-0.4, -0.2) is 25.6 Å². The number of nitrogens with one attached hydrogen (secondary N) is 2. The Bertz CT molecular complexity index is 436. The Kier molecular flexibility index (Phi) is 7.41. The van der Waals surface area contributed by atoms with E-state index < -0.39 is 0 Å². The van der Waals surface area contributed by atoms with Crippen LogP contribution in [0, 0.1) is 5.92 Å². The number of ether oxygens (including phenoxy) is 1. The van der Waals surface area contributed by atoms with Gasteiger partial charge in [0.1, 0.15) is 5.75 Å². The van der Waals surface area contributed by atoms with Crippen LogP contribution in [0.5, 0.6) is 5.75 Å². The minimum atomic E-state index is -0.133. The van der Waals surface area contributed by atoms with Crippen LogP contribution in [-0.2, 0) is 11.3 Å². The maximum atomic E-state index is 11.6. The summed E-state index contributed by atoms with van der Waals surface area (Å²) >= 11 is 6.13. The second-order valence-corrected chi connectivity index (χ2v) is 5.44. The zero-order valence-electron chi connectivity index (χ0n) is 12.3. The number of rotatable bonds is 8. The minimum absolute atomic E-state index is 0.0149. The topological polar surface area (TPSA) is 50.4 Å². The van der Waals surface area contributed by atoms with Crippen LogP contribution >= 0.6 is 11.6 Å². The van der Waals surface area contributed by atoms with E-state index in [1.165, 1.54) is 0 Å². The quantitative estimate of drug-likeness (QED) is 0.775. The summed E-state index contributed by atoms with van der Waals surface area (Å²) < 4.78 is 5.43. The molecule has 1 aromatic rings. The maximum Gasteiger partial charge on any atom is 0.257 e. The molecule has 0 heterocycles. The molecule has 0 aliphatic carbocycles. The monoisotopic (exact) mass is 298 g/mol. The van der Waals surface area contributed by atoms with Crippen LogP contribution in [0.15, 0.2) is 18.2 Å². The van der Waals surface area contributed by atoms with E-state index in [0.29, 0.717) is 23.2 Å². The Morgan fingerprint density at radius 1 is 1.40 bits per heavy atom. The van der Waals surface area contributed by atoms with Gasteiger partial charge in [0, 0.05) is 13.1 Å². The van der Waals surface area contributed by atoms with E-state index in [4.69, 9.17) is 16.3 Å². The molecule has 0 bridgehead atoms. The van der Waals surface area contributed by atoms with Gasteiger partial charge in [-0.2, -0.15) is 0 Å². The maximum absolute atomic E-state index is 11.6. The van der Waals surface area contributed by atoms with E-state index in [0.717, 1.165) is 18.7 Å². The number of halogens is 1. The molecule has 1 amide bonds. The highest BCUT2D eigenvalue weighted by molar-refractivity contribution is 6.32. The number of hydrogen-bond acceptors (Lipinski definition) is 3. The number of carbonyl (C=O) groups is 1. The Balaban J connectivity index is 2.45. The smallest absolute Gasteiger partial charge is 0.257 e. The highest BCUT2D eigenvalue weighted by Gasteiger charge is 2.07. The van der Waals surface area contributed by atoms with Crippen molar-refractivity contribution in [2.24, 2.45) is 5.92 Å². The molecular weight excluding hydrogens is 276 g/mol. The van der Waals surface area contributed by atoms with Crippen molar-refractivity contribution in [2.45, 2.75) is 27.3 Å². The molecule has 0 fully saturated rings. The predicted octanol–water partition coefficient (Wildman–Crippen LogP) is 2.60. The van der Waals surface area contributed by atoms with Gasteiger partial charge in [0.25, 0.3) is 5.91 Å². The van der Waals surface area contributed by atoms with Crippen molar-refractivity contribution in [1.29, 1.82) is 0 Å². The fourth-order valence-corrected chi connectivity index (χ4v) is 1.81. The van der Waals surface area contributed by atoms with Gasteiger partial charge < -0.3 is 15.4 Å². The minimum Gasteiger partial charge on any atom is -0.482 e. The largest absolute Gasteiger partial charge is 0.482 e. The van der Waals surface area contributed by atoms with Crippen molar-refractivity contribution in [2.75, 3.05) is 19.7 Å². The summed E-state index contributed by atoms with van der Waals surface area (Å²) in [5.41, 5.74) is 1.09. The fraction of sp³-hybridized carbons (Fsp3) is 0.533. The van der Waals surface area contributed by atoms with E-state index >= 15 is 0 Å². The van der Waals surface area contributed by atoms with Gasteiger partial charge in [-0.15, -0.1) is 0 Å².